The molecule has 2 rings (SSSR count). The van der Waals surface area contributed by atoms with Crippen LogP contribution >= 0.6 is 0 Å². The predicted octanol–water partition coefficient (Wildman–Crippen LogP) is 1.52. The molecule has 0 aliphatic rings. The molecule has 96 valence electrons. The van der Waals surface area contributed by atoms with Crippen molar-refractivity contribution in [2.24, 2.45) is 0 Å². The van der Waals surface area contributed by atoms with Gasteiger partial charge in [-0.05, 0) is 29.0 Å². The topological polar surface area (TPSA) is 78.8 Å². The van der Waals surface area contributed by atoms with Crippen LogP contribution < -0.4 is 5.73 Å². The van der Waals surface area contributed by atoms with E-state index in [9.17, 15) is 0 Å². The zero-order chi connectivity index (χ0) is 13.0. The van der Waals surface area contributed by atoms with Gasteiger partial charge in [-0.1, -0.05) is 19.1 Å². The van der Waals surface area contributed by atoms with Crippen LogP contribution in [0.4, 0.5) is 5.69 Å². The minimum absolute atomic E-state index is 0.126. The molecule has 18 heavy (non-hydrogen) atoms. The molecule has 0 aliphatic heterocycles. The number of rotatable bonds is 5. The fourth-order valence-corrected chi connectivity index (χ4v) is 1.86. The molecule has 0 aliphatic carbocycles. The summed E-state index contributed by atoms with van der Waals surface area (Å²) in [4.78, 5) is 0. The summed E-state index contributed by atoms with van der Waals surface area (Å²) in [6.45, 7) is 2.66. The van der Waals surface area contributed by atoms with E-state index in [4.69, 9.17) is 10.5 Å². The van der Waals surface area contributed by atoms with E-state index >= 15 is 0 Å². The fraction of sp³-hybridized carbons (Fsp3) is 0.417. The Kier molecular flexibility index (Phi) is 3.88. The number of nitrogens with two attached hydrogens (primary N) is 1. The number of anilines is 1. The van der Waals surface area contributed by atoms with Crippen LogP contribution in [0.15, 0.2) is 24.3 Å². The quantitative estimate of drug-likeness (QED) is 0.810. The molecular weight excluding hydrogens is 230 g/mol. The third-order valence-electron chi connectivity index (χ3n) is 2.81. The van der Waals surface area contributed by atoms with Gasteiger partial charge in [0.15, 0.2) is 5.82 Å². The minimum Gasteiger partial charge on any atom is -0.399 e. The highest BCUT2D eigenvalue weighted by molar-refractivity contribution is 5.60. The molecule has 0 radical (unpaired) electrons. The van der Waals surface area contributed by atoms with Gasteiger partial charge in [0, 0.05) is 18.4 Å². The van der Waals surface area contributed by atoms with E-state index in [1.54, 1.807) is 11.8 Å². The van der Waals surface area contributed by atoms with E-state index in [1.807, 2.05) is 24.3 Å². The maximum Gasteiger partial charge on any atom is 0.182 e. The van der Waals surface area contributed by atoms with Crippen molar-refractivity contribution in [1.29, 1.82) is 0 Å². The van der Waals surface area contributed by atoms with Gasteiger partial charge in [0.1, 0.15) is 0 Å². The van der Waals surface area contributed by atoms with Gasteiger partial charge in [-0.3, -0.25) is 0 Å². The lowest BCUT2D eigenvalue weighted by Crippen LogP contribution is -2.16. The van der Waals surface area contributed by atoms with E-state index < -0.39 is 0 Å². The molecule has 0 saturated heterocycles. The Morgan fingerprint density at radius 1 is 1.44 bits per heavy atom. The number of nitrogen functional groups attached to an aromatic ring is 1. The zero-order valence-electron chi connectivity index (χ0n) is 10.6. The average Bonchev–Trinajstić information content (AvgIpc) is 2.85. The summed E-state index contributed by atoms with van der Waals surface area (Å²) in [7, 11) is 1.67. The van der Waals surface area contributed by atoms with Gasteiger partial charge in [0.25, 0.3) is 0 Å². The minimum atomic E-state index is 0.126. The molecule has 0 bridgehead atoms. The predicted molar refractivity (Wildman–Crippen MR) is 68.9 cm³/mol. The summed E-state index contributed by atoms with van der Waals surface area (Å²) in [6.07, 6.45) is 0.897. The lowest BCUT2D eigenvalue weighted by atomic mass is 10.1. The van der Waals surface area contributed by atoms with Crippen LogP contribution in [0.25, 0.3) is 11.4 Å². The first-order valence-corrected chi connectivity index (χ1v) is 5.89. The summed E-state index contributed by atoms with van der Waals surface area (Å²) in [5, 5.41) is 11.9. The van der Waals surface area contributed by atoms with Gasteiger partial charge in [-0.25, -0.2) is 4.68 Å². The Hall–Kier alpha value is -1.95. The Morgan fingerprint density at radius 3 is 2.94 bits per heavy atom. The number of tetrazole rings is 1. The van der Waals surface area contributed by atoms with Crippen molar-refractivity contribution in [2.45, 2.75) is 19.4 Å². The van der Waals surface area contributed by atoms with Crippen LogP contribution in [-0.2, 0) is 4.74 Å². The van der Waals surface area contributed by atoms with Crippen molar-refractivity contribution in [2.75, 3.05) is 19.5 Å². The van der Waals surface area contributed by atoms with Gasteiger partial charge in [0.05, 0.1) is 12.6 Å². The van der Waals surface area contributed by atoms with Crippen molar-refractivity contribution in [3.8, 4) is 11.4 Å². The van der Waals surface area contributed by atoms with Gasteiger partial charge in [-0.15, -0.1) is 5.10 Å². The second-order valence-electron chi connectivity index (χ2n) is 4.09. The van der Waals surface area contributed by atoms with Crippen molar-refractivity contribution < 1.29 is 4.74 Å². The zero-order valence-corrected chi connectivity index (χ0v) is 10.6. The molecule has 1 heterocycles. The van der Waals surface area contributed by atoms with E-state index in [1.165, 1.54) is 0 Å². The highest BCUT2D eigenvalue weighted by Gasteiger charge is 2.16. The standard InChI is InChI=1S/C12H17N5O/c1-3-11(8-18-2)17-12(14-15-16-17)9-5-4-6-10(13)7-9/h4-7,11H,3,8,13H2,1-2H3. The van der Waals surface area contributed by atoms with E-state index in [0.717, 1.165) is 12.0 Å². The lowest BCUT2D eigenvalue weighted by molar-refractivity contribution is 0.147. The molecule has 0 fully saturated rings. The normalized spacial score (nSPS) is 12.6. The second-order valence-corrected chi connectivity index (χ2v) is 4.09. The summed E-state index contributed by atoms with van der Waals surface area (Å²) < 4.78 is 6.98. The molecule has 0 saturated carbocycles. The molecule has 6 heteroatoms. The largest absolute Gasteiger partial charge is 0.399 e. The van der Waals surface area contributed by atoms with Gasteiger partial charge in [0.2, 0.25) is 0 Å². The van der Waals surface area contributed by atoms with Crippen molar-refractivity contribution in [1.82, 2.24) is 20.2 Å². The van der Waals surface area contributed by atoms with Crippen LogP contribution in [0.2, 0.25) is 0 Å². The second kappa shape index (κ2) is 5.59. The number of nitrogens with zero attached hydrogens (tertiary/aromatic N) is 4. The first-order valence-electron chi connectivity index (χ1n) is 5.89. The Balaban J connectivity index is 2.38. The van der Waals surface area contributed by atoms with Crippen LogP contribution in [0, 0.1) is 0 Å². The molecule has 0 amide bonds. The Morgan fingerprint density at radius 2 is 2.28 bits per heavy atom. The fourth-order valence-electron chi connectivity index (χ4n) is 1.86. The number of aromatic nitrogens is 4. The third-order valence-corrected chi connectivity index (χ3v) is 2.81. The molecule has 1 unspecified atom stereocenters. The van der Waals surface area contributed by atoms with Crippen molar-refractivity contribution in [3.63, 3.8) is 0 Å². The molecule has 6 nitrogen and oxygen atoms in total. The van der Waals surface area contributed by atoms with Crippen LogP contribution in [-0.4, -0.2) is 33.9 Å². The molecule has 0 spiro atoms. The summed E-state index contributed by atoms with van der Waals surface area (Å²) in [5.74, 6) is 0.714. The maximum absolute atomic E-state index is 5.78. The monoisotopic (exact) mass is 247 g/mol. The summed E-state index contributed by atoms with van der Waals surface area (Å²) >= 11 is 0. The first-order chi connectivity index (χ1) is 8.76. The number of hydrogen-bond acceptors (Lipinski definition) is 5. The molecule has 1 aromatic carbocycles. The Labute approximate surface area is 106 Å². The molecular formula is C12H17N5O. The number of methoxy groups -OCH3 is 1. The number of ether oxygens (including phenoxy) is 1. The van der Waals surface area contributed by atoms with Gasteiger partial charge >= 0.3 is 0 Å². The van der Waals surface area contributed by atoms with E-state index in [0.29, 0.717) is 18.1 Å². The SMILES string of the molecule is CCC(COC)n1nnnc1-c1cccc(N)c1. The summed E-state index contributed by atoms with van der Waals surface area (Å²) in [6, 6.07) is 7.66. The highest BCUT2D eigenvalue weighted by atomic mass is 16.5. The van der Waals surface area contributed by atoms with Crippen LogP contribution in [0.5, 0.6) is 0 Å². The molecule has 1 aromatic heterocycles. The third kappa shape index (κ3) is 2.48. The van der Waals surface area contributed by atoms with Crippen LogP contribution in [0.3, 0.4) is 0 Å². The van der Waals surface area contributed by atoms with Crippen LogP contribution in [0.1, 0.15) is 19.4 Å². The average molecular weight is 247 g/mol. The number of benzene rings is 1. The van der Waals surface area contributed by atoms with Crippen molar-refractivity contribution >= 4 is 5.69 Å². The number of hydrogen-bond donors (Lipinski definition) is 1. The van der Waals surface area contributed by atoms with Gasteiger partial charge < -0.3 is 10.5 Å². The lowest BCUT2D eigenvalue weighted by Gasteiger charge is -2.15. The Bertz CT molecular complexity index is 511. The maximum atomic E-state index is 5.78. The van der Waals surface area contributed by atoms with E-state index in [-0.39, 0.29) is 6.04 Å². The molecule has 2 N–H and O–H groups in total. The van der Waals surface area contributed by atoms with E-state index in [2.05, 4.69) is 22.4 Å². The first kappa shape index (κ1) is 12.5. The van der Waals surface area contributed by atoms with Gasteiger partial charge in [-0.2, -0.15) is 0 Å². The molecule has 1 atom stereocenters. The van der Waals surface area contributed by atoms with Crippen molar-refractivity contribution in [3.05, 3.63) is 24.3 Å². The summed E-state index contributed by atoms with van der Waals surface area (Å²) in [5.41, 5.74) is 7.39. The molecule has 2 aromatic rings. The highest BCUT2D eigenvalue weighted by Crippen LogP contribution is 2.22. The smallest absolute Gasteiger partial charge is 0.182 e.